The van der Waals surface area contributed by atoms with E-state index in [1.807, 2.05) is 22.9 Å². The lowest BCUT2D eigenvalue weighted by atomic mass is 10.1. The summed E-state index contributed by atoms with van der Waals surface area (Å²) in [7, 11) is 0. The molecule has 2 aromatic rings. The van der Waals surface area contributed by atoms with Crippen molar-refractivity contribution < 1.29 is 0 Å². The smallest absolute Gasteiger partial charge is 0.0834 e. The molecule has 0 saturated heterocycles. The third-order valence-electron chi connectivity index (χ3n) is 3.27. The van der Waals surface area contributed by atoms with Crippen molar-refractivity contribution in [3.63, 3.8) is 0 Å². The fraction of sp³-hybridized carbons (Fsp3) is 0.429. The van der Waals surface area contributed by atoms with E-state index in [9.17, 15) is 0 Å². The first kappa shape index (κ1) is 12.8. The molecule has 2 N–H and O–H groups in total. The van der Waals surface area contributed by atoms with Crippen LogP contribution in [0.25, 0.3) is 0 Å². The molecule has 0 aromatic carbocycles. The van der Waals surface area contributed by atoms with E-state index < -0.39 is 0 Å². The van der Waals surface area contributed by atoms with Gasteiger partial charge < -0.3 is 5.73 Å². The lowest BCUT2D eigenvalue weighted by Gasteiger charge is -2.06. The Morgan fingerprint density at radius 2 is 1.94 bits per heavy atom. The zero-order valence-corrected chi connectivity index (χ0v) is 11.3. The third-order valence-corrected chi connectivity index (χ3v) is 3.27. The number of hydrogen-bond donors (Lipinski definition) is 1. The van der Waals surface area contributed by atoms with Crippen molar-refractivity contribution in [2.45, 2.75) is 40.3 Å². The van der Waals surface area contributed by atoms with E-state index in [1.54, 1.807) is 0 Å². The van der Waals surface area contributed by atoms with Gasteiger partial charge in [0, 0.05) is 12.2 Å². The Bertz CT molecular complexity index is 543. The van der Waals surface area contributed by atoms with Gasteiger partial charge in [0.25, 0.3) is 0 Å². The van der Waals surface area contributed by atoms with Crippen LogP contribution in [0.3, 0.4) is 0 Å². The minimum Gasteiger partial charge on any atom is -0.325 e. The van der Waals surface area contributed by atoms with Gasteiger partial charge in [-0.15, -0.1) is 0 Å². The van der Waals surface area contributed by atoms with Crippen LogP contribution in [0.1, 0.15) is 35.3 Å². The molecule has 0 unspecified atom stereocenters. The molecule has 0 spiro atoms. The zero-order chi connectivity index (χ0) is 13.1. The second kappa shape index (κ2) is 5.31. The first-order valence-corrected chi connectivity index (χ1v) is 6.33. The van der Waals surface area contributed by atoms with Crippen LogP contribution in [0.5, 0.6) is 0 Å². The normalized spacial score (nSPS) is 10.9. The quantitative estimate of drug-likeness (QED) is 0.894. The van der Waals surface area contributed by atoms with Gasteiger partial charge in [0.15, 0.2) is 0 Å². The van der Waals surface area contributed by atoms with E-state index in [-0.39, 0.29) is 0 Å². The predicted molar refractivity (Wildman–Crippen MR) is 72.3 cm³/mol. The molecule has 2 rings (SSSR count). The summed E-state index contributed by atoms with van der Waals surface area (Å²) in [6.45, 7) is 7.53. The van der Waals surface area contributed by atoms with Crippen LogP contribution < -0.4 is 5.73 Å². The van der Waals surface area contributed by atoms with E-state index in [4.69, 9.17) is 5.73 Å². The van der Waals surface area contributed by atoms with Crippen LogP contribution in [0.4, 0.5) is 0 Å². The summed E-state index contributed by atoms with van der Waals surface area (Å²) >= 11 is 0. The standard InChI is InChI=1S/C14H20N4/c1-4-14-10(2)17-18(11(14)3)9-13-7-5-6-12(8-15)16-13/h5-7H,4,8-9,15H2,1-3H3. The van der Waals surface area contributed by atoms with Gasteiger partial charge in [0.05, 0.1) is 23.6 Å². The molecule has 2 heterocycles. The number of nitrogens with zero attached hydrogens (tertiary/aromatic N) is 3. The molecule has 0 aliphatic rings. The summed E-state index contributed by atoms with van der Waals surface area (Å²) < 4.78 is 2.02. The Morgan fingerprint density at radius 1 is 1.22 bits per heavy atom. The molecule has 0 aliphatic carbocycles. The lowest BCUT2D eigenvalue weighted by molar-refractivity contribution is 0.643. The van der Waals surface area contributed by atoms with Crippen molar-refractivity contribution in [3.8, 4) is 0 Å². The molecule has 0 amide bonds. The highest BCUT2D eigenvalue weighted by atomic mass is 15.3. The van der Waals surface area contributed by atoms with Gasteiger partial charge in [-0.1, -0.05) is 13.0 Å². The summed E-state index contributed by atoms with van der Waals surface area (Å²) in [5.74, 6) is 0. The first-order valence-electron chi connectivity index (χ1n) is 6.33. The highest BCUT2D eigenvalue weighted by Gasteiger charge is 2.10. The van der Waals surface area contributed by atoms with Gasteiger partial charge in [-0.3, -0.25) is 9.67 Å². The Labute approximate surface area is 108 Å². The van der Waals surface area contributed by atoms with Gasteiger partial charge >= 0.3 is 0 Å². The molecule has 96 valence electrons. The maximum atomic E-state index is 5.61. The Kier molecular flexibility index (Phi) is 3.77. The van der Waals surface area contributed by atoms with Crippen LogP contribution in [0.15, 0.2) is 18.2 Å². The molecule has 4 heteroatoms. The van der Waals surface area contributed by atoms with E-state index in [2.05, 4.69) is 30.9 Å². The number of pyridine rings is 1. The topological polar surface area (TPSA) is 56.7 Å². The minimum absolute atomic E-state index is 0.477. The molecule has 0 bridgehead atoms. The molecule has 4 nitrogen and oxygen atoms in total. The fourth-order valence-corrected chi connectivity index (χ4v) is 2.28. The van der Waals surface area contributed by atoms with E-state index in [0.29, 0.717) is 13.1 Å². The van der Waals surface area contributed by atoms with Crippen molar-refractivity contribution in [3.05, 3.63) is 46.5 Å². The average molecular weight is 244 g/mol. The maximum Gasteiger partial charge on any atom is 0.0834 e. The molecule has 18 heavy (non-hydrogen) atoms. The number of aromatic nitrogens is 3. The SMILES string of the molecule is CCc1c(C)nn(Cc2cccc(CN)n2)c1C. The van der Waals surface area contributed by atoms with Crippen molar-refractivity contribution in [2.24, 2.45) is 5.73 Å². The van der Waals surface area contributed by atoms with E-state index in [0.717, 1.165) is 23.5 Å². The molecule has 0 fully saturated rings. The van der Waals surface area contributed by atoms with Crippen LogP contribution >= 0.6 is 0 Å². The van der Waals surface area contributed by atoms with Crippen LogP contribution in [0.2, 0.25) is 0 Å². The van der Waals surface area contributed by atoms with Crippen LogP contribution in [0, 0.1) is 13.8 Å². The summed E-state index contributed by atoms with van der Waals surface area (Å²) in [5, 5.41) is 4.58. The highest BCUT2D eigenvalue weighted by Crippen LogP contribution is 2.14. The van der Waals surface area contributed by atoms with E-state index in [1.165, 1.54) is 11.3 Å². The largest absolute Gasteiger partial charge is 0.325 e. The molecule has 0 aliphatic heterocycles. The van der Waals surface area contributed by atoms with Crippen molar-refractivity contribution in [1.29, 1.82) is 0 Å². The summed E-state index contributed by atoms with van der Waals surface area (Å²) in [6.07, 6.45) is 1.02. The summed E-state index contributed by atoms with van der Waals surface area (Å²) in [4.78, 5) is 4.51. The Morgan fingerprint density at radius 3 is 2.56 bits per heavy atom. The number of aryl methyl sites for hydroxylation is 1. The van der Waals surface area contributed by atoms with Crippen molar-refractivity contribution in [1.82, 2.24) is 14.8 Å². The van der Waals surface area contributed by atoms with Crippen molar-refractivity contribution >= 4 is 0 Å². The number of nitrogens with two attached hydrogens (primary N) is 1. The monoisotopic (exact) mass is 244 g/mol. The van der Waals surface area contributed by atoms with Gasteiger partial charge in [0.2, 0.25) is 0 Å². The molecule has 2 aromatic heterocycles. The van der Waals surface area contributed by atoms with Crippen LogP contribution in [-0.2, 0) is 19.5 Å². The lowest BCUT2D eigenvalue weighted by Crippen LogP contribution is -2.08. The van der Waals surface area contributed by atoms with Crippen molar-refractivity contribution in [2.75, 3.05) is 0 Å². The Balaban J connectivity index is 2.28. The number of rotatable bonds is 4. The molecular formula is C14H20N4. The summed E-state index contributed by atoms with van der Waals surface area (Å²) in [6, 6.07) is 5.96. The van der Waals surface area contributed by atoms with Gasteiger partial charge in [0.1, 0.15) is 0 Å². The zero-order valence-electron chi connectivity index (χ0n) is 11.3. The fourth-order valence-electron chi connectivity index (χ4n) is 2.28. The molecule has 0 saturated carbocycles. The Hall–Kier alpha value is -1.68. The van der Waals surface area contributed by atoms with Gasteiger partial charge in [-0.2, -0.15) is 5.10 Å². The first-order chi connectivity index (χ1) is 8.65. The average Bonchev–Trinajstić information content (AvgIpc) is 2.64. The van der Waals surface area contributed by atoms with Gasteiger partial charge in [-0.05, 0) is 38.0 Å². The molecular weight excluding hydrogens is 224 g/mol. The minimum atomic E-state index is 0.477. The second-order valence-corrected chi connectivity index (χ2v) is 4.48. The van der Waals surface area contributed by atoms with E-state index >= 15 is 0 Å². The molecule has 0 atom stereocenters. The van der Waals surface area contributed by atoms with Gasteiger partial charge in [-0.25, -0.2) is 0 Å². The summed E-state index contributed by atoms with van der Waals surface area (Å²) in [5.41, 5.74) is 11.2. The highest BCUT2D eigenvalue weighted by molar-refractivity contribution is 5.25. The maximum absolute atomic E-state index is 5.61. The predicted octanol–water partition coefficient (Wildman–Crippen LogP) is 1.96. The van der Waals surface area contributed by atoms with Crippen LogP contribution in [-0.4, -0.2) is 14.8 Å². The second-order valence-electron chi connectivity index (χ2n) is 4.48. The molecule has 0 radical (unpaired) electrons. The third kappa shape index (κ3) is 2.43. The number of hydrogen-bond acceptors (Lipinski definition) is 3.